The highest BCUT2D eigenvalue weighted by Crippen LogP contribution is 2.19. The smallest absolute Gasteiger partial charge is 0.0897 e. The second kappa shape index (κ2) is 8.71. The number of hydrogen-bond donors (Lipinski definition) is 2. The maximum atomic E-state index is 9.91. The molecule has 118 valence electrons. The van der Waals surface area contributed by atoms with Crippen LogP contribution in [0, 0.1) is 0 Å². The molecule has 0 aromatic heterocycles. The first-order chi connectivity index (χ1) is 10.1. The predicted molar refractivity (Wildman–Crippen MR) is 83.7 cm³/mol. The van der Waals surface area contributed by atoms with Crippen molar-refractivity contribution in [1.29, 1.82) is 0 Å². The Labute approximate surface area is 131 Å². The van der Waals surface area contributed by atoms with E-state index in [1.54, 1.807) is 0 Å². The van der Waals surface area contributed by atoms with Gasteiger partial charge in [-0.15, -0.1) is 0 Å². The number of nitrogens with one attached hydrogen (secondary N) is 1. The molecule has 1 aliphatic rings. The van der Waals surface area contributed by atoms with Crippen molar-refractivity contribution in [3.05, 3.63) is 34.9 Å². The number of halogens is 1. The Hall–Kier alpha value is -0.650. The highest BCUT2D eigenvalue weighted by molar-refractivity contribution is 6.30. The van der Waals surface area contributed by atoms with Gasteiger partial charge < -0.3 is 19.9 Å². The van der Waals surface area contributed by atoms with Gasteiger partial charge in [-0.05, 0) is 37.5 Å². The van der Waals surface area contributed by atoms with Crippen LogP contribution >= 0.6 is 11.6 Å². The molecule has 1 aromatic rings. The van der Waals surface area contributed by atoms with Crippen molar-refractivity contribution >= 4 is 11.6 Å². The molecule has 5 heteroatoms. The van der Waals surface area contributed by atoms with Gasteiger partial charge >= 0.3 is 0 Å². The minimum atomic E-state index is -0.513. The van der Waals surface area contributed by atoms with Crippen molar-refractivity contribution in [2.75, 3.05) is 26.3 Å². The molecule has 0 amide bonds. The summed E-state index contributed by atoms with van der Waals surface area (Å²) < 4.78 is 11.2. The molecule has 1 saturated heterocycles. The van der Waals surface area contributed by atoms with Crippen molar-refractivity contribution in [3.8, 4) is 0 Å². The third-order valence-corrected chi connectivity index (χ3v) is 3.91. The standard InChI is InChI=1S/C16H24ClNO3/c1-12(13-4-6-14(17)7-5-13)21-11-15(19)9-18-10-16-3-2-8-20-16/h4-7,12,15-16,18-19H,2-3,8-11H2,1H3/t12-,15+,16-/m0/s1. The molecule has 1 aliphatic heterocycles. The fraction of sp³-hybridized carbons (Fsp3) is 0.625. The molecular formula is C16H24ClNO3. The lowest BCUT2D eigenvalue weighted by Gasteiger charge is -2.18. The van der Waals surface area contributed by atoms with Crippen molar-refractivity contribution in [3.63, 3.8) is 0 Å². The van der Waals surface area contributed by atoms with Crippen LogP contribution in [0.5, 0.6) is 0 Å². The van der Waals surface area contributed by atoms with Gasteiger partial charge in [0.05, 0.1) is 24.9 Å². The number of ether oxygens (including phenoxy) is 2. The van der Waals surface area contributed by atoms with E-state index < -0.39 is 6.10 Å². The average Bonchev–Trinajstić information content (AvgIpc) is 2.99. The summed E-state index contributed by atoms with van der Waals surface area (Å²) in [4.78, 5) is 0. The quantitative estimate of drug-likeness (QED) is 0.774. The van der Waals surface area contributed by atoms with Crippen LogP contribution in [-0.4, -0.2) is 43.6 Å². The van der Waals surface area contributed by atoms with Gasteiger partial charge in [-0.25, -0.2) is 0 Å². The van der Waals surface area contributed by atoms with Gasteiger partial charge in [-0.2, -0.15) is 0 Å². The Morgan fingerprint density at radius 3 is 2.86 bits per heavy atom. The topological polar surface area (TPSA) is 50.7 Å². The lowest BCUT2D eigenvalue weighted by molar-refractivity contribution is -0.00321. The van der Waals surface area contributed by atoms with Crippen molar-refractivity contribution in [1.82, 2.24) is 5.32 Å². The zero-order chi connectivity index (χ0) is 15.1. The van der Waals surface area contributed by atoms with E-state index in [9.17, 15) is 5.11 Å². The number of aliphatic hydroxyl groups is 1. The van der Waals surface area contributed by atoms with Gasteiger partial charge in [-0.1, -0.05) is 23.7 Å². The summed E-state index contributed by atoms with van der Waals surface area (Å²) >= 11 is 5.86. The summed E-state index contributed by atoms with van der Waals surface area (Å²) in [5.74, 6) is 0. The van der Waals surface area contributed by atoms with E-state index in [1.807, 2.05) is 31.2 Å². The van der Waals surface area contributed by atoms with Gasteiger partial charge in [0, 0.05) is 24.7 Å². The molecule has 0 spiro atoms. The minimum absolute atomic E-state index is 0.0601. The first kappa shape index (κ1) is 16.7. The van der Waals surface area contributed by atoms with Crippen LogP contribution in [0.2, 0.25) is 5.02 Å². The molecule has 0 radical (unpaired) electrons. The van der Waals surface area contributed by atoms with Gasteiger partial charge in [0.2, 0.25) is 0 Å². The van der Waals surface area contributed by atoms with Crippen molar-refractivity contribution in [2.45, 2.75) is 38.1 Å². The Balaban J connectivity index is 1.61. The maximum absolute atomic E-state index is 9.91. The maximum Gasteiger partial charge on any atom is 0.0897 e. The molecule has 0 aliphatic carbocycles. The molecule has 1 fully saturated rings. The van der Waals surface area contributed by atoms with Crippen LogP contribution < -0.4 is 5.32 Å². The monoisotopic (exact) mass is 313 g/mol. The summed E-state index contributed by atoms with van der Waals surface area (Å²) in [7, 11) is 0. The molecule has 21 heavy (non-hydrogen) atoms. The van der Waals surface area contributed by atoms with Gasteiger partial charge in [0.1, 0.15) is 0 Å². The summed E-state index contributed by atoms with van der Waals surface area (Å²) in [5, 5.41) is 13.9. The third-order valence-electron chi connectivity index (χ3n) is 3.65. The van der Waals surface area contributed by atoms with E-state index in [0.29, 0.717) is 24.3 Å². The Kier molecular flexibility index (Phi) is 6.93. The van der Waals surface area contributed by atoms with Gasteiger partial charge in [-0.3, -0.25) is 0 Å². The summed E-state index contributed by atoms with van der Waals surface area (Å²) in [6, 6.07) is 7.57. The molecule has 0 bridgehead atoms. The Morgan fingerprint density at radius 2 is 2.19 bits per heavy atom. The van der Waals surface area contributed by atoms with Crippen LogP contribution in [0.25, 0.3) is 0 Å². The highest BCUT2D eigenvalue weighted by Gasteiger charge is 2.15. The molecule has 2 rings (SSSR count). The molecule has 4 nitrogen and oxygen atoms in total. The molecule has 0 saturated carbocycles. The van der Waals surface area contributed by atoms with Gasteiger partial charge in [0.25, 0.3) is 0 Å². The Morgan fingerprint density at radius 1 is 1.43 bits per heavy atom. The fourth-order valence-electron chi connectivity index (χ4n) is 2.36. The highest BCUT2D eigenvalue weighted by atomic mass is 35.5. The predicted octanol–water partition coefficient (Wildman–Crippen LogP) is 2.55. The van der Waals surface area contributed by atoms with E-state index in [-0.39, 0.29) is 6.10 Å². The van der Waals surface area contributed by atoms with Crippen LogP contribution in [0.15, 0.2) is 24.3 Å². The number of benzene rings is 1. The van der Waals surface area contributed by atoms with Crippen LogP contribution in [0.3, 0.4) is 0 Å². The first-order valence-electron chi connectivity index (χ1n) is 7.52. The summed E-state index contributed by atoms with van der Waals surface area (Å²) in [5.41, 5.74) is 1.05. The van der Waals surface area contributed by atoms with E-state index in [2.05, 4.69) is 5.32 Å². The first-order valence-corrected chi connectivity index (χ1v) is 7.90. The van der Waals surface area contributed by atoms with E-state index in [4.69, 9.17) is 21.1 Å². The van der Waals surface area contributed by atoms with Crippen LogP contribution in [0.4, 0.5) is 0 Å². The SMILES string of the molecule is C[C@H](OC[C@H](O)CNC[C@@H]1CCCO1)c1ccc(Cl)cc1. The Bertz CT molecular complexity index is 406. The molecule has 2 N–H and O–H groups in total. The second-order valence-electron chi connectivity index (χ2n) is 5.47. The molecular weight excluding hydrogens is 290 g/mol. The number of hydrogen-bond acceptors (Lipinski definition) is 4. The summed E-state index contributed by atoms with van der Waals surface area (Å²) in [6.07, 6.45) is 1.96. The van der Waals surface area contributed by atoms with Crippen molar-refractivity contribution in [2.24, 2.45) is 0 Å². The molecule has 3 atom stereocenters. The third kappa shape index (κ3) is 5.93. The summed E-state index contributed by atoms with van der Waals surface area (Å²) in [6.45, 7) is 4.45. The van der Waals surface area contributed by atoms with Gasteiger partial charge in [0.15, 0.2) is 0 Å². The zero-order valence-electron chi connectivity index (χ0n) is 12.4. The molecule has 1 aromatic carbocycles. The second-order valence-corrected chi connectivity index (χ2v) is 5.91. The lowest BCUT2D eigenvalue weighted by atomic mass is 10.1. The average molecular weight is 314 g/mol. The van der Waals surface area contributed by atoms with E-state index in [1.165, 1.54) is 0 Å². The van der Waals surface area contributed by atoms with Crippen LogP contribution in [0.1, 0.15) is 31.4 Å². The molecule has 1 heterocycles. The lowest BCUT2D eigenvalue weighted by Crippen LogP contribution is -2.35. The number of rotatable bonds is 8. The fourth-order valence-corrected chi connectivity index (χ4v) is 2.49. The van der Waals surface area contributed by atoms with Crippen LogP contribution in [-0.2, 0) is 9.47 Å². The zero-order valence-corrected chi connectivity index (χ0v) is 13.2. The minimum Gasteiger partial charge on any atom is -0.389 e. The van der Waals surface area contributed by atoms with Crippen molar-refractivity contribution < 1.29 is 14.6 Å². The largest absolute Gasteiger partial charge is 0.389 e. The number of aliphatic hydroxyl groups excluding tert-OH is 1. The normalized spacial score (nSPS) is 21.4. The van der Waals surface area contributed by atoms with E-state index >= 15 is 0 Å². The molecule has 0 unspecified atom stereocenters. The van der Waals surface area contributed by atoms with E-state index in [0.717, 1.165) is 31.6 Å².